The minimum Gasteiger partial charge on any atom is -0.325 e. The number of benzene rings is 2. The van der Waals surface area contributed by atoms with Crippen molar-refractivity contribution in [2.75, 3.05) is 11.1 Å². The number of nitrogens with zero attached hydrogens (tertiary/aromatic N) is 2. The summed E-state index contributed by atoms with van der Waals surface area (Å²) in [4.78, 5) is 13.3. The molecule has 0 aliphatic heterocycles. The minimum atomic E-state index is -3.50. The molecular formula is C18H17N3O3S3. The van der Waals surface area contributed by atoms with Crippen LogP contribution in [0.15, 0.2) is 68.2 Å². The number of hydrogen-bond donors (Lipinski definition) is 1. The van der Waals surface area contributed by atoms with Gasteiger partial charge in [0.2, 0.25) is 5.91 Å². The predicted molar refractivity (Wildman–Crippen MR) is 107 cm³/mol. The fourth-order valence-electron chi connectivity index (χ4n) is 2.26. The summed E-state index contributed by atoms with van der Waals surface area (Å²) in [5.41, 5.74) is 3.24. The number of sulfone groups is 1. The molecule has 0 aliphatic rings. The summed E-state index contributed by atoms with van der Waals surface area (Å²) in [7, 11) is -3.50. The second-order valence-electron chi connectivity index (χ2n) is 5.73. The number of nitrogens with one attached hydrogen (secondary N) is 1. The molecule has 1 amide bonds. The van der Waals surface area contributed by atoms with Crippen molar-refractivity contribution in [2.24, 2.45) is 0 Å². The first-order valence-electron chi connectivity index (χ1n) is 8.06. The van der Waals surface area contributed by atoms with Crippen LogP contribution in [-0.4, -0.2) is 30.3 Å². The number of carbonyl (C=O) groups excluding carboxylic acids is 1. The third kappa shape index (κ3) is 5.38. The fraction of sp³-hybridized carbons (Fsp3) is 0.167. The molecule has 0 unspecified atom stereocenters. The Bertz CT molecular complexity index is 1020. The van der Waals surface area contributed by atoms with E-state index in [0.29, 0.717) is 5.69 Å². The molecule has 0 fully saturated rings. The van der Waals surface area contributed by atoms with Crippen molar-refractivity contribution in [3.05, 3.63) is 59.6 Å². The van der Waals surface area contributed by atoms with Crippen molar-refractivity contribution < 1.29 is 13.2 Å². The second-order valence-corrected chi connectivity index (χ2v) is 9.96. The van der Waals surface area contributed by atoms with Gasteiger partial charge < -0.3 is 5.32 Å². The molecule has 0 saturated carbocycles. The highest BCUT2D eigenvalue weighted by atomic mass is 32.2. The number of carbonyl (C=O) groups is 1. The van der Waals surface area contributed by atoms with Gasteiger partial charge in [-0.05, 0) is 31.2 Å². The van der Waals surface area contributed by atoms with Crippen LogP contribution in [-0.2, 0) is 14.6 Å². The van der Waals surface area contributed by atoms with E-state index < -0.39 is 9.84 Å². The van der Waals surface area contributed by atoms with Crippen LogP contribution in [0.25, 0.3) is 0 Å². The zero-order valence-electron chi connectivity index (χ0n) is 14.5. The standard InChI is InChI=1S/C18H17N3O3S3/c1-13-6-8-14(9-7-13)27(23,24)11-10-17(22)20-15-4-2-3-5-16(15)26-18-21-19-12-25-18/h2-9,12H,10-11H2,1H3,(H,20,22). The van der Waals surface area contributed by atoms with Crippen LogP contribution >= 0.6 is 23.1 Å². The number of anilines is 1. The lowest BCUT2D eigenvalue weighted by Gasteiger charge is -2.10. The van der Waals surface area contributed by atoms with Crippen LogP contribution < -0.4 is 5.32 Å². The minimum absolute atomic E-state index is 0.117. The lowest BCUT2D eigenvalue weighted by Crippen LogP contribution is -2.17. The van der Waals surface area contributed by atoms with Crippen LogP contribution in [0, 0.1) is 6.92 Å². The molecule has 3 rings (SSSR count). The normalized spacial score (nSPS) is 11.3. The van der Waals surface area contributed by atoms with Crippen molar-refractivity contribution in [3.63, 3.8) is 0 Å². The highest BCUT2D eigenvalue weighted by Crippen LogP contribution is 2.33. The molecule has 27 heavy (non-hydrogen) atoms. The Morgan fingerprint density at radius 1 is 1.15 bits per heavy atom. The van der Waals surface area contributed by atoms with E-state index in [2.05, 4.69) is 15.5 Å². The lowest BCUT2D eigenvalue weighted by atomic mass is 10.2. The maximum Gasteiger partial charge on any atom is 0.225 e. The van der Waals surface area contributed by atoms with Gasteiger partial charge in [-0.1, -0.05) is 52.9 Å². The van der Waals surface area contributed by atoms with Gasteiger partial charge in [0.25, 0.3) is 0 Å². The van der Waals surface area contributed by atoms with E-state index in [0.717, 1.165) is 14.8 Å². The number of para-hydroxylation sites is 1. The van der Waals surface area contributed by atoms with Crippen LogP contribution in [0.1, 0.15) is 12.0 Å². The summed E-state index contributed by atoms with van der Waals surface area (Å²) < 4.78 is 25.5. The molecule has 1 N–H and O–H groups in total. The maximum absolute atomic E-state index is 12.4. The van der Waals surface area contributed by atoms with Gasteiger partial charge >= 0.3 is 0 Å². The SMILES string of the molecule is Cc1ccc(S(=O)(=O)CCC(=O)Nc2ccccc2Sc2nncs2)cc1. The van der Waals surface area contributed by atoms with E-state index in [9.17, 15) is 13.2 Å². The van der Waals surface area contributed by atoms with Crippen LogP contribution in [0.4, 0.5) is 5.69 Å². The molecule has 6 nitrogen and oxygen atoms in total. The molecule has 2 aromatic carbocycles. The monoisotopic (exact) mass is 419 g/mol. The Kier molecular flexibility index (Phi) is 6.25. The van der Waals surface area contributed by atoms with E-state index in [4.69, 9.17) is 0 Å². The van der Waals surface area contributed by atoms with Crippen molar-refractivity contribution in [1.29, 1.82) is 0 Å². The third-order valence-electron chi connectivity index (χ3n) is 3.68. The molecule has 0 spiro atoms. The predicted octanol–water partition coefficient (Wildman–Crippen LogP) is 3.80. The number of aryl methyl sites for hydroxylation is 1. The molecule has 0 bridgehead atoms. The third-order valence-corrected chi connectivity index (χ3v) is 7.26. The van der Waals surface area contributed by atoms with Gasteiger partial charge in [0.05, 0.1) is 16.3 Å². The van der Waals surface area contributed by atoms with E-state index in [-0.39, 0.29) is 23.0 Å². The smallest absolute Gasteiger partial charge is 0.225 e. The summed E-state index contributed by atoms with van der Waals surface area (Å²) in [6, 6.07) is 13.9. The van der Waals surface area contributed by atoms with E-state index >= 15 is 0 Å². The molecule has 0 atom stereocenters. The Morgan fingerprint density at radius 3 is 2.59 bits per heavy atom. The summed E-state index contributed by atoms with van der Waals surface area (Å²) >= 11 is 2.80. The van der Waals surface area contributed by atoms with Gasteiger partial charge in [0.1, 0.15) is 5.51 Å². The van der Waals surface area contributed by atoms with Crippen LogP contribution in [0.5, 0.6) is 0 Å². The quantitative estimate of drug-likeness (QED) is 0.627. The molecule has 9 heteroatoms. The topological polar surface area (TPSA) is 89.0 Å². The molecule has 3 aromatic rings. The highest BCUT2D eigenvalue weighted by Gasteiger charge is 2.17. The van der Waals surface area contributed by atoms with Crippen molar-refractivity contribution in [2.45, 2.75) is 27.5 Å². The Morgan fingerprint density at radius 2 is 1.89 bits per heavy atom. The number of hydrogen-bond acceptors (Lipinski definition) is 7. The number of rotatable bonds is 7. The molecule has 0 radical (unpaired) electrons. The molecule has 0 saturated heterocycles. The summed E-state index contributed by atoms with van der Waals surface area (Å²) in [6.07, 6.45) is -0.117. The Hall–Kier alpha value is -2.23. The zero-order chi connectivity index (χ0) is 19.3. The average Bonchev–Trinajstić information content (AvgIpc) is 3.15. The Labute approximate surface area is 166 Å². The second kappa shape index (κ2) is 8.64. The number of aromatic nitrogens is 2. The number of amides is 1. The van der Waals surface area contributed by atoms with Crippen LogP contribution in [0.2, 0.25) is 0 Å². The first-order valence-corrected chi connectivity index (χ1v) is 11.4. The van der Waals surface area contributed by atoms with E-state index in [1.165, 1.54) is 23.1 Å². The van der Waals surface area contributed by atoms with Gasteiger partial charge in [-0.25, -0.2) is 8.42 Å². The van der Waals surface area contributed by atoms with Crippen LogP contribution in [0.3, 0.4) is 0 Å². The van der Waals surface area contributed by atoms with Gasteiger partial charge in [0, 0.05) is 11.3 Å². The molecule has 1 heterocycles. The van der Waals surface area contributed by atoms with E-state index in [1.54, 1.807) is 35.8 Å². The first kappa shape index (κ1) is 19.5. The van der Waals surface area contributed by atoms with Gasteiger partial charge in [-0.3, -0.25) is 4.79 Å². The average molecular weight is 420 g/mol. The van der Waals surface area contributed by atoms with Crippen molar-refractivity contribution in [3.8, 4) is 0 Å². The fourth-order valence-corrected chi connectivity index (χ4v) is 5.03. The molecule has 140 valence electrons. The highest BCUT2D eigenvalue weighted by molar-refractivity contribution is 8.01. The van der Waals surface area contributed by atoms with Gasteiger partial charge in [0.15, 0.2) is 14.2 Å². The molecule has 1 aromatic heterocycles. The van der Waals surface area contributed by atoms with Gasteiger partial charge in [-0.2, -0.15) is 0 Å². The largest absolute Gasteiger partial charge is 0.325 e. The lowest BCUT2D eigenvalue weighted by molar-refractivity contribution is -0.115. The molecular weight excluding hydrogens is 402 g/mol. The van der Waals surface area contributed by atoms with E-state index in [1.807, 2.05) is 25.1 Å². The summed E-state index contributed by atoms with van der Waals surface area (Å²) in [5.74, 6) is -0.593. The summed E-state index contributed by atoms with van der Waals surface area (Å²) in [6.45, 7) is 1.89. The Balaban J connectivity index is 1.63. The van der Waals surface area contributed by atoms with Crippen molar-refractivity contribution >= 4 is 44.5 Å². The van der Waals surface area contributed by atoms with Gasteiger partial charge in [-0.15, -0.1) is 10.2 Å². The summed E-state index contributed by atoms with van der Waals surface area (Å²) in [5, 5.41) is 10.6. The molecule has 0 aliphatic carbocycles. The zero-order valence-corrected chi connectivity index (χ0v) is 16.9. The first-order chi connectivity index (χ1) is 12.9. The van der Waals surface area contributed by atoms with Crippen molar-refractivity contribution in [1.82, 2.24) is 10.2 Å². The maximum atomic E-state index is 12.4.